The maximum Gasteiger partial charge on any atom is 0.259 e. The van der Waals surface area contributed by atoms with Crippen molar-refractivity contribution in [1.82, 2.24) is 25.3 Å². The van der Waals surface area contributed by atoms with E-state index in [-0.39, 0.29) is 0 Å². The Morgan fingerprint density at radius 3 is 2.79 bits per heavy atom. The minimum absolute atomic E-state index is 0.427. The molecule has 7 nitrogen and oxygen atoms in total. The standard InChI is InChI=1S/C17H13N5O2/c1-9-14-11(8-13(10-5-6-10)19-17(14)24-21-9)16-20-15(22-23-16)12-4-2-3-7-18-12/h2-4,7-8,10H,5-6H2,1H3. The fraction of sp³-hybridized carbons (Fsp3) is 0.235. The van der Waals surface area contributed by atoms with E-state index in [1.165, 1.54) is 0 Å². The van der Waals surface area contributed by atoms with E-state index in [0.29, 0.717) is 29.0 Å². The number of rotatable bonds is 3. The fourth-order valence-corrected chi connectivity index (χ4v) is 2.80. The van der Waals surface area contributed by atoms with Crippen molar-refractivity contribution in [3.63, 3.8) is 0 Å². The van der Waals surface area contributed by atoms with Crippen LogP contribution in [0.2, 0.25) is 0 Å². The summed E-state index contributed by atoms with van der Waals surface area (Å²) in [4.78, 5) is 13.3. The largest absolute Gasteiger partial charge is 0.336 e. The van der Waals surface area contributed by atoms with E-state index >= 15 is 0 Å². The van der Waals surface area contributed by atoms with Gasteiger partial charge in [-0.15, -0.1) is 0 Å². The third kappa shape index (κ3) is 2.09. The molecule has 1 aliphatic carbocycles. The second-order valence-electron chi connectivity index (χ2n) is 5.96. The third-order valence-electron chi connectivity index (χ3n) is 4.18. The molecule has 24 heavy (non-hydrogen) atoms. The van der Waals surface area contributed by atoms with Gasteiger partial charge in [-0.3, -0.25) is 4.98 Å². The third-order valence-corrected chi connectivity index (χ3v) is 4.18. The molecule has 0 N–H and O–H groups in total. The van der Waals surface area contributed by atoms with Crippen LogP contribution in [-0.4, -0.2) is 25.3 Å². The normalized spacial score (nSPS) is 14.4. The zero-order chi connectivity index (χ0) is 16.1. The monoisotopic (exact) mass is 319 g/mol. The average molecular weight is 319 g/mol. The number of aryl methyl sites for hydroxylation is 1. The Kier molecular flexibility index (Phi) is 2.76. The van der Waals surface area contributed by atoms with Gasteiger partial charge in [-0.25, -0.2) is 4.98 Å². The molecule has 5 rings (SSSR count). The van der Waals surface area contributed by atoms with E-state index in [1.807, 2.05) is 31.2 Å². The summed E-state index contributed by atoms with van der Waals surface area (Å²) in [7, 11) is 0. The van der Waals surface area contributed by atoms with Gasteiger partial charge in [-0.05, 0) is 38.0 Å². The van der Waals surface area contributed by atoms with Crippen LogP contribution < -0.4 is 0 Å². The molecule has 1 saturated carbocycles. The van der Waals surface area contributed by atoms with Crippen molar-refractivity contribution in [3.8, 4) is 23.0 Å². The minimum atomic E-state index is 0.427. The van der Waals surface area contributed by atoms with Gasteiger partial charge in [-0.1, -0.05) is 16.4 Å². The number of hydrogen-bond donors (Lipinski definition) is 0. The van der Waals surface area contributed by atoms with E-state index in [4.69, 9.17) is 9.05 Å². The first-order valence-electron chi connectivity index (χ1n) is 7.82. The van der Waals surface area contributed by atoms with Crippen LogP contribution in [0.5, 0.6) is 0 Å². The Balaban J connectivity index is 1.68. The van der Waals surface area contributed by atoms with E-state index in [2.05, 4.69) is 25.3 Å². The Bertz CT molecular complexity index is 1030. The molecule has 0 spiro atoms. The predicted octanol–water partition coefficient (Wildman–Crippen LogP) is 3.52. The summed E-state index contributed by atoms with van der Waals surface area (Å²) in [5, 5.41) is 8.90. The van der Waals surface area contributed by atoms with Gasteiger partial charge in [0, 0.05) is 17.8 Å². The molecule has 0 radical (unpaired) electrons. The number of pyridine rings is 2. The van der Waals surface area contributed by atoms with E-state index in [9.17, 15) is 0 Å². The molecule has 1 fully saturated rings. The van der Waals surface area contributed by atoms with Gasteiger partial charge in [0.15, 0.2) is 0 Å². The quantitative estimate of drug-likeness (QED) is 0.570. The highest BCUT2D eigenvalue weighted by Crippen LogP contribution is 2.42. The van der Waals surface area contributed by atoms with Crippen LogP contribution >= 0.6 is 0 Å². The highest BCUT2D eigenvalue weighted by molar-refractivity contribution is 5.91. The highest BCUT2D eigenvalue weighted by atomic mass is 16.5. The van der Waals surface area contributed by atoms with Crippen molar-refractivity contribution in [3.05, 3.63) is 41.9 Å². The van der Waals surface area contributed by atoms with Gasteiger partial charge in [-0.2, -0.15) is 4.98 Å². The van der Waals surface area contributed by atoms with Crippen LogP contribution in [0.4, 0.5) is 0 Å². The molecule has 0 unspecified atom stereocenters. The van der Waals surface area contributed by atoms with E-state index in [1.54, 1.807) is 6.20 Å². The lowest BCUT2D eigenvalue weighted by molar-refractivity contribution is 0.432. The van der Waals surface area contributed by atoms with Crippen molar-refractivity contribution in [2.24, 2.45) is 0 Å². The predicted molar refractivity (Wildman–Crippen MR) is 85.0 cm³/mol. The Labute approximate surface area is 136 Å². The Morgan fingerprint density at radius 1 is 1.08 bits per heavy atom. The van der Waals surface area contributed by atoms with Gasteiger partial charge in [0.1, 0.15) is 5.69 Å². The molecule has 0 aromatic carbocycles. The summed E-state index contributed by atoms with van der Waals surface area (Å²) in [5.74, 6) is 1.37. The lowest BCUT2D eigenvalue weighted by Crippen LogP contribution is -1.91. The maximum absolute atomic E-state index is 5.49. The van der Waals surface area contributed by atoms with Crippen LogP contribution in [0.15, 0.2) is 39.5 Å². The summed E-state index contributed by atoms with van der Waals surface area (Å²) in [5.41, 5.74) is 3.75. The lowest BCUT2D eigenvalue weighted by atomic mass is 10.1. The van der Waals surface area contributed by atoms with E-state index < -0.39 is 0 Å². The average Bonchev–Trinajstić information content (AvgIpc) is 3.24. The van der Waals surface area contributed by atoms with Crippen molar-refractivity contribution in [2.45, 2.75) is 25.7 Å². The number of nitrogens with zero attached hydrogens (tertiary/aromatic N) is 5. The second kappa shape index (κ2) is 4.95. The molecular formula is C17H13N5O2. The number of aromatic nitrogens is 5. The molecule has 0 saturated heterocycles. The number of hydrogen-bond acceptors (Lipinski definition) is 7. The maximum atomic E-state index is 5.49. The van der Waals surface area contributed by atoms with E-state index in [0.717, 1.165) is 35.2 Å². The first-order valence-corrected chi connectivity index (χ1v) is 7.82. The summed E-state index contributed by atoms with van der Waals surface area (Å²) in [6, 6.07) is 7.59. The van der Waals surface area contributed by atoms with Crippen molar-refractivity contribution < 1.29 is 9.05 Å². The molecule has 0 amide bonds. The molecule has 4 aromatic rings. The lowest BCUT2D eigenvalue weighted by Gasteiger charge is -2.01. The van der Waals surface area contributed by atoms with Crippen molar-refractivity contribution in [1.29, 1.82) is 0 Å². The van der Waals surface area contributed by atoms with Gasteiger partial charge < -0.3 is 9.05 Å². The summed E-state index contributed by atoms with van der Waals surface area (Å²) < 4.78 is 10.9. The summed E-state index contributed by atoms with van der Waals surface area (Å²) in [6.45, 7) is 1.88. The van der Waals surface area contributed by atoms with Gasteiger partial charge in [0.2, 0.25) is 5.82 Å². The van der Waals surface area contributed by atoms with Crippen molar-refractivity contribution in [2.75, 3.05) is 0 Å². The van der Waals surface area contributed by atoms with Crippen LogP contribution in [0.3, 0.4) is 0 Å². The Morgan fingerprint density at radius 2 is 2.00 bits per heavy atom. The molecule has 4 aromatic heterocycles. The molecule has 0 aliphatic heterocycles. The van der Waals surface area contributed by atoms with Gasteiger partial charge in [0.25, 0.3) is 11.6 Å². The van der Waals surface area contributed by atoms with Crippen LogP contribution in [0.1, 0.15) is 30.1 Å². The zero-order valence-electron chi connectivity index (χ0n) is 12.9. The summed E-state index contributed by atoms with van der Waals surface area (Å²) in [6.07, 6.45) is 3.99. The van der Waals surface area contributed by atoms with Crippen LogP contribution in [-0.2, 0) is 0 Å². The minimum Gasteiger partial charge on any atom is -0.336 e. The van der Waals surface area contributed by atoms with Gasteiger partial charge in [0.05, 0.1) is 16.6 Å². The first kappa shape index (κ1) is 13.4. The zero-order valence-corrected chi connectivity index (χ0v) is 12.9. The summed E-state index contributed by atoms with van der Waals surface area (Å²) >= 11 is 0. The fourth-order valence-electron chi connectivity index (χ4n) is 2.80. The van der Waals surface area contributed by atoms with Crippen LogP contribution in [0, 0.1) is 6.92 Å². The molecule has 1 aliphatic rings. The van der Waals surface area contributed by atoms with Crippen molar-refractivity contribution >= 4 is 11.1 Å². The highest BCUT2D eigenvalue weighted by Gasteiger charge is 2.28. The molecule has 0 bridgehead atoms. The topological polar surface area (TPSA) is 90.7 Å². The first-order chi connectivity index (χ1) is 11.8. The molecule has 118 valence electrons. The smallest absolute Gasteiger partial charge is 0.259 e. The molecular weight excluding hydrogens is 306 g/mol. The molecule has 4 heterocycles. The molecule has 0 atom stereocenters. The van der Waals surface area contributed by atoms with Crippen LogP contribution in [0.25, 0.3) is 34.1 Å². The second-order valence-corrected chi connectivity index (χ2v) is 5.96. The number of fused-ring (bicyclic) bond motifs is 1. The SMILES string of the molecule is Cc1noc2nc(C3CC3)cc(-c3nc(-c4ccccn4)no3)c12. The Hall–Kier alpha value is -3.09. The van der Waals surface area contributed by atoms with Gasteiger partial charge >= 0.3 is 0 Å². The molecule has 7 heteroatoms.